The highest BCUT2D eigenvalue weighted by atomic mass is 35.5. The summed E-state index contributed by atoms with van der Waals surface area (Å²) in [5.41, 5.74) is 2.18. The van der Waals surface area contributed by atoms with Gasteiger partial charge in [-0.05, 0) is 81.3 Å². The van der Waals surface area contributed by atoms with E-state index in [2.05, 4.69) is 39.2 Å². The van der Waals surface area contributed by atoms with Crippen molar-refractivity contribution in [3.8, 4) is 11.4 Å². The van der Waals surface area contributed by atoms with Gasteiger partial charge in [0.15, 0.2) is 11.2 Å². The van der Waals surface area contributed by atoms with Crippen molar-refractivity contribution < 1.29 is 14.2 Å². The average molecular weight is 748 g/mol. The van der Waals surface area contributed by atoms with Crippen LogP contribution >= 0.6 is 23.2 Å². The molecule has 0 bridgehead atoms. The van der Waals surface area contributed by atoms with E-state index in [9.17, 15) is 9.59 Å². The van der Waals surface area contributed by atoms with Crippen molar-refractivity contribution in [3.05, 3.63) is 122 Å². The lowest BCUT2D eigenvalue weighted by atomic mass is 9.75. The normalized spacial score (nSPS) is 24.1. The molecule has 2 aromatic heterocycles. The van der Waals surface area contributed by atoms with Gasteiger partial charge in [-0.3, -0.25) is 4.79 Å². The second kappa shape index (κ2) is 15.0. The third-order valence-electron chi connectivity index (χ3n) is 10.6. The minimum absolute atomic E-state index is 0.0601. The van der Waals surface area contributed by atoms with Crippen LogP contribution in [0.5, 0.6) is 5.75 Å². The van der Waals surface area contributed by atoms with Gasteiger partial charge in [0.2, 0.25) is 0 Å². The Kier molecular flexibility index (Phi) is 10.4. The maximum absolute atomic E-state index is 12.8. The molecule has 0 saturated carbocycles. The second-order valence-electron chi connectivity index (χ2n) is 13.9. The van der Waals surface area contributed by atoms with Gasteiger partial charge in [0.1, 0.15) is 24.8 Å². The molecule has 0 amide bonds. The Morgan fingerprint density at radius 2 is 1.54 bits per heavy atom. The van der Waals surface area contributed by atoms with Crippen LogP contribution < -0.4 is 25.7 Å². The number of rotatable bonds is 11. The topological polar surface area (TPSA) is 96.0 Å². The highest BCUT2D eigenvalue weighted by molar-refractivity contribution is 6.35. The number of benzene rings is 2. The van der Waals surface area contributed by atoms with Gasteiger partial charge in [0.25, 0.3) is 0 Å². The molecule has 2 fully saturated rings. The number of hydrogen-bond acceptors (Lipinski definition) is 8. The smallest absolute Gasteiger partial charge is 0.350 e. The fraction of sp³-hybridized carbons (Fsp3) is 0.410. The van der Waals surface area contributed by atoms with Crippen LogP contribution in [-0.2, 0) is 16.0 Å². The summed E-state index contributed by atoms with van der Waals surface area (Å²) in [4.78, 5) is 29.3. The summed E-state index contributed by atoms with van der Waals surface area (Å²) in [6, 6.07) is 19.4. The molecule has 0 N–H and O–H groups in total. The van der Waals surface area contributed by atoms with E-state index in [1.807, 2.05) is 55.7 Å². The molecule has 4 aromatic rings. The number of pyridine rings is 1. The van der Waals surface area contributed by atoms with Crippen molar-refractivity contribution in [1.29, 1.82) is 0 Å². The summed E-state index contributed by atoms with van der Waals surface area (Å²) in [6.45, 7) is 10.5. The van der Waals surface area contributed by atoms with Gasteiger partial charge in [-0.1, -0.05) is 36.2 Å². The van der Waals surface area contributed by atoms with E-state index in [1.165, 1.54) is 16.8 Å². The Morgan fingerprint density at radius 3 is 2.15 bits per heavy atom. The highest BCUT2D eigenvalue weighted by Gasteiger charge is 2.57. The maximum atomic E-state index is 12.8. The monoisotopic (exact) mass is 746 g/mol. The lowest BCUT2D eigenvalue weighted by molar-refractivity contribution is -0.237. The molecule has 2 aromatic carbocycles. The molecule has 2 unspecified atom stereocenters. The van der Waals surface area contributed by atoms with Crippen LogP contribution in [-0.4, -0.2) is 70.2 Å². The van der Waals surface area contributed by atoms with Crippen molar-refractivity contribution in [2.24, 2.45) is 5.41 Å². The largest absolute Gasteiger partial charge is 0.491 e. The molecule has 4 atom stereocenters. The molecule has 4 heterocycles. The summed E-state index contributed by atoms with van der Waals surface area (Å²) < 4.78 is 24.4. The fourth-order valence-electron chi connectivity index (χ4n) is 7.02. The number of anilines is 2. The van der Waals surface area contributed by atoms with E-state index in [0.717, 1.165) is 55.4 Å². The Balaban J connectivity index is 0.938. The Morgan fingerprint density at radius 1 is 0.923 bits per heavy atom. The predicted octanol–water partition coefficient (Wildman–Crippen LogP) is 6.34. The molecule has 11 nitrogen and oxygen atoms in total. The maximum Gasteiger partial charge on any atom is 0.350 e. The molecule has 52 heavy (non-hydrogen) atoms. The molecule has 2 saturated heterocycles. The first-order chi connectivity index (χ1) is 25.1. The van der Waals surface area contributed by atoms with E-state index < -0.39 is 11.2 Å². The minimum atomic E-state index is -1.11. The summed E-state index contributed by atoms with van der Waals surface area (Å²) in [5, 5.41) is 5.43. The number of halogens is 2. The number of hydrogen-bond donors (Lipinski definition) is 0. The van der Waals surface area contributed by atoms with Crippen LogP contribution in [0.15, 0.2) is 111 Å². The summed E-state index contributed by atoms with van der Waals surface area (Å²) >= 11 is 13.1. The van der Waals surface area contributed by atoms with Crippen LogP contribution in [0, 0.1) is 5.41 Å². The van der Waals surface area contributed by atoms with Crippen molar-refractivity contribution >= 4 is 34.6 Å². The molecule has 13 heteroatoms. The molecule has 0 spiro atoms. The van der Waals surface area contributed by atoms with Gasteiger partial charge in [-0.15, -0.1) is 0 Å². The molecule has 3 aliphatic rings. The predicted molar refractivity (Wildman–Crippen MR) is 204 cm³/mol. The SMILES string of the molecule is CCC(C)n1ncn(-c2ccc(N3CCN(c4ccc(OC[C@@H]5CO[C@@](Cn6ccc(=O)cc6)(C6(C)CC=C(Cl)C=C6Cl)O5)cc4)CC3)cc2)c1=O. The summed E-state index contributed by atoms with van der Waals surface area (Å²) in [5.74, 6) is -0.364. The molecule has 7 rings (SSSR count). The Bertz CT molecular complexity index is 2030. The Hall–Kier alpha value is -4.29. The molecule has 2 aliphatic heterocycles. The zero-order valence-electron chi connectivity index (χ0n) is 29.7. The summed E-state index contributed by atoms with van der Waals surface area (Å²) in [7, 11) is 0. The zero-order chi connectivity index (χ0) is 36.5. The number of allylic oxidation sites excluding steroid dienone is 3. The minimum Gasteiger partial charge on any atom is -0.491 e. The van der Waals surface area contributed by atoms with Crippen molar-refractivity contribution in [2.75, 3.05) is 49.2 Å². The lowest BCUT2D eigenvalue weighted by Gasteiger charge is -2.45. The van der Waals surface area contributed by atoms with Gasteiger partial charge in [-0.25, -0.2) is 14.0 Å². The summed E-state index contributed by atoms with van der Waals surface area (Å²) in [6.07, 6.45) is 9.75. The van der Waals surface area contributed by atoms with Crippen LogP contribution in [0.25, 0.3) is 5.69 Å². The number of nitrogens with zero attached hydrogens (tertiary/aromatic N) is 6. The first-order valence-electron chi connectivity index (χ1n) is 17.8. The number of piperazine rings is 1. The van der Waals surface area contributed by atoms with Gasteiger partial charge in [0.05, 0.1) is 30.3 Å². The molecule has 274 valence electrons. The number of ether oxygens (including phenoxy) is 3. The van der Waals surface area contributed by atoms with E-state index in [-0.39, 0.29) is 23.3 Å². The first-order valence-corrected chi connectivity index (χ1v) is 18.5. The van der Waals surface area contributed by atoms with Crippen LogP contribution in [0.4, 0.5) is 11.4 Å². The van der Waals surface area contributed by atoms with Crippen LogP contribution in [0.3, 0.4) is 0 Å². The van der Waals surface area contributed by atoms with Crippen LogP contribution in [0.2, 0.25) is 0 Å². The second-order valence-corrected chi connectivity index (χ2v) is 14.8. The van der Waals surface area contributed by atoms with Crippen molar-refractivity contribution in [2.45, 2.75) is 58.1 Å². The molecule has 1 aliphatic carbocycles. The van der Waals surface area contributed by atoms with Crippen molar-refractivity contribution in [1.82, 2.24) is 18.9 Å². The third-order valence-corrected chi connectivity index (χ3v) is 11.4. The first kappa shape index (κ1) is 36.1. The van der Waals surface area contributed by atoms with E-state index >= 15 is 0 Å². The van der Waals surface area contributed by atoms with Gasteiger partial charge < -0.3 is 28.6 Å². The van der Waals surface area contributed by atoms with E-state index in [1.54, 1.807) is 29.4 Å². The third kappa shape index (κ3) is 7.19. The molecular formula is C39H44Cl2N6O5. The van der Waals surface area contributed by atoms with Crippen LogP contribution in [0.1, 0.15) is 39.7 Å². The Labute approximate surface area is 313 Å². The standard InChI is InChI=1S/C39H44Cl2N6O5/c1-4-28(2)47-37(49)46(27-42-47)32-7-5-30(6-8-32)44-19-21-45(22-20-44)31-9-11-34(12-10-31)50-24-35-25-51-39(52-35,26-43-17-14-33(48)15-18-43)38(3)16-13-29(40)23-36(38)41/h5-15,17-18,23,27-28,35H,4,16,19-22,24-26H2,1-3H3/t28?,35-,38?,39-/m1/s1. The molecule has 0 radical (unpaired) electrons. The van der Waals surface area contributed by atoms with E-state index in [0.29, 0.717) is 36.2 Å². The number of aromatic nitrogens is 4. The van der Waals surface area contributed by atoms with Gasteiger partial charge >= 0.3 is 5.69 Å². The van der Waals surface area contributed by atoms with Gasteiger partial charge in [0, 0.05) is 72.1 Å². The van der Waals surface area contributed by atoms with Crippen molar-refractivity contribution in [3.63, 3.8) is 0 Å². The quantitative estimate of drug-likeness (QED) is 0.176. The average Bonchev–Trinajstić information content (AvgIpc) is 3.77. The zero-order valence-corrected chi connectivity index (χ0v) is 31.2. The highest BCUT2D eigenvalue weighted by Crippen LogP contribution is 2.52. The lowest BCUT2D eigenvalue weighted by Crippen LogP contribution is -2.52. The molecular weight excluding hydrogens is 703 g/mol. The fourth-order valence-corrected chi connectivity index (χ4v) is 7.60. The van der Waals surface area contributed by atoms with E-state index in [4.69, 9.17) is 37.4 Å². The van der Waals surface area contributed by atoms with Gasteiger partial charge in [-0.2, -0.15) is 5.10 Å².